The molecule has 0 radical (unpaired) electrons. The number of fused-ring (bicyclic) bond motifs is 1. The van der Waals surface area contributed by atoms with E-state index in [0.29, 0.717) is 6.10 Å². The highest BCUT2D eigenvalue weighted by atomic mass is 16.5. The lowest BCUT2D eigenvalue weighted by Gasteiger charge is -2.42. The van der Waals surface area contributed by atoms with E-state index in [1.54, 1.807) is 5.56 Å². The van der Waals surface area contributed by atoms with Crippen molar-refractivity contribution in [3.63, 3.8) is 0 Å². The Morgan fingerprint density at radius 3 is 2.52 bits per heavy atom. The average molecular weight is 312 g/mol. The Kier molecular flexibility index (Phi) is 5.94. The summed E-state index contributed by atoms with van der Waals surface area (Å²) >= 11 is 0. The summed E-state index contributed by atoms with van der Waals surface area (Å²) in [5.74, 6) is 2.64. The van der Waals surface area contributed by atoms with Crippen LogP contribution in [0.15, 0.2) is 36.9 Å². The maximum absolute atomic E-state index is 5.88. The van der Waals surface area contributed by atoms with Crippen LogP contribution in [0.4, 0.5) is 0 Å². The number of benzene rings is 1. The number of ether oxygens (including phenoxy) is 1. The fourth-order valence-electron chi connectivity index (χ4n) is 4.76. The van der Waals surface area contributed by atoms with Gasteiger partial charge in [-0.1, -0.05) is 30.3 Å². The van der Waals surface area contributed by atoms with E-state index < -0.39 is 0 Å². The van der Waals surface area contributed by atoms with Crippen molar-refractivity contribution in [2.75, 3.05) is 6.61 Å². The van der Waals surface area contributed by atoms with Crippen molar-refractivity contribution in [3.8, 4) is 0 Å². The molecular weight excluding hydrogens is 280 g/mol. The molecule has 0 heterocycles. The minimum Gasteiger partial charge on any atom is -0.378 e. The smallest absolute Gasteiger partial charge is 0.0577 e. The molecule has 1 aromatic carbocycles. The molecule has 1 nitrogen and oxygen atoms in total. The molecule has 3 rings (SSSR count). The predicted molar refractivity (Wildman–Crippen MR) is 97.8 cm³/mol. The Balaban J connectivity index is 1.56. The van der Waals surface area contributed by atoms with Crippen LogP contribution in [0.25, 0.3) is 0 Å². The van der Waals surface area contributed by atoms with Gasteiger partial charge in [0.1, 0.15) is 0 Å². The summed E-state index contributed by atoms with van der Waals surface area (Å²) in [5.41, 5.74) is 3.01. The summed E-state index contributed by atoms with van der Waals surface area (Å²) in [6.07, 6.45) is 12.9. The van der Waals surface area contributed by atoms with Crippen molar-refractivity contribution in [2.45, 2.75) is 70.3 Å². The molecule has 23 heavy (non-hydrogen) atoms. The lowest BCUT2D eigenvalue weighted by molar-refractivity contribution is -0.00955. The molecule has 0 bridgehead atoms. The van der Waals surface area contributed by atoms with Crippen LogP contribution in [0.5, 0.6) is 0 Å². The summed E-state index contributed by atoms with van der Waals surface area (Å²) in [7, 11) is 0. The third kappa shape index (κ3) is 4.26. The van der Waals surface area contributed by atoms with E-state index in [0.717, 1.165) is 37.2 Å². The van der Waals surface area contributed by atoms with E-state index in [2.05, 4.69) is 37.8 Å². The first-order valence-electron chi connectivity index (χ1n) is 9.61. The summed E-state index contributed by atoms with van der Waals surface area (Å²) < 4.78 is 5.88. The minimum absolute atomic E-state index is 0.543. The second-order valence-corrected chi connectivity index (χ2v) is 7.49. The molecule has 0 N–H and O–H groups in total. The van der Waals surface area contributed by atoms with Gasteiger partial charge in [0.05, 0.1) is 6.10 Å². The van der Waals surface area contributed by atoms with Crippen LogP contribution < -0.4 is 0 Å². The molecule has 1 aromatic rings. The van der Waals surface area contributed by atoms with E-state index in [9.17, 15) is 0 Å². The van der Waals surface area contributed by atoms with E-state index >= 15 is 0 Å². The van der Waals surface area contributed by atoms with Crippen molar-refractivity contribution in [3.05, 3.63) is 48.0 Å². The largest absolute Gasteiger partial charge is 0.378 e. The van der Waals surface area contributed by atoms with Crippen molar-refractivity contribution in [2.24, 2.45) is 11.8 Å². The zero-order valence-electron chi connectivity index (χ0n) is 14.7. The fraction of sp³-hybridized carbons (Fsp3) is 0.636. The van der Waals surface area contributed by atoms with Gasteiger partial charge in [0, 0.05) is 6.61 Å². The highest BCUT2D eigenvalue weighted by molar-refractivity contribution is 5.26. The number of rotatable bonds is 6. The highest BCUT2D eigenvalue weighted by Gasteiger charge is 2.36. The van der Waals surface area contributed by atoms with Crippen LogP contribution in [0, 0.1) is 11.8 Å². The number of allylic oxidation sites excluding steroid dienone is 1. The SMILES string of the molecule is C=CCCc1ccc(C2CCC3CC(OCC)CCC3C2)cc1. The Bertz CT molecular complexity index is 489. The Morgan fingerprint density at radius 1 is 1.04 bits per heavy atom. The summed E-state index contributed by atoms with van der Waals surface area (Å²) in [6.45, 7) is 6.82. The van der Waals surface area contributed by atoms with Gasteiger partial charge >= 0.3 is 0 Å². The highest BCUT2D eigenvalue weighted by Crippen LogP contribution is 2.46. The molecule has 0 saturated heterocycles. The zero-order valence-corrected chi connectivity index (χ0v) is 14.7. The first-order valence-corrected chi connectivity index (χ1v) is 9.61. The monoisotopic (exact) mass is 312 g/mol. The van der Waals surface area contributed by atoms with Crippen molar-refractivity contribution in [1.29, 1.82) is 0 Å². The Hall–Kier alpha value is -1.08. The van der Waals surface area contributed by atoms with Crippen LogP contribution in [0.1, 0.15) is 68.9 Å². The van der Waals surface area contributed by atoms with Gasteiger partial charge in [-0.05, 0) is 87.2 Å². The summed E-state index contributed by atoms with van der Waals surface area (Å²) in [6, 6.07) is 9.43. The van der Waals surface area contributed by atoms with Crippen molar-refractivity contribution < 1.29 is 4.74 Å². The van der Waals surface area contributed by atoms with Crippen LogP contribution >= 0.6 is 0 Å². The van der Waals surface area contributed by atoms with Gasteiger partial charge in [-0.15, -0.1) is 6.58 Å². The molecule has 0 amide bonds. The number of hydrogen-bond donors (Lipinski definition) is 0. The lowest BCUT2D eigenvalue weighted by atomic mass is 9.65. The van der Waals surface area contributed by atoms with E-state index in [4.69, 9.17) is 4.74 Å². The molecule has 2 saturated carbocycles. The van der Waals surface area contributed by atoms with Gasteiger partial charge in [0.25, 0.3) is 0 Å². The normalized spacial score (nSPS) is 30.7. The predicted octanol–water partition coefficient (Wildman–Crippen LogP) is 5.89. The lowest BCUT2D eigenvalue weighted by Crippen LogP contribution is -2.33. The molecule has 126 valence electrons. The molecule has 0 spiro atoms. The molecule has 2 aliphatic carbocycles. The fourth-order valence-corrected chi connectivity index (χ4v) is 4.76. The van der Waals surface area contributed by atoms with Crippen LogP contribution in [0.2, 0.25) is 0 Å². The molecule has 2 aliphatic rings. The van der Waals surface area contributed by atoms with Crippen molar-refractivity contribution in [1.82, 2.24) is 0 Å². The summed E-state index contributed by atoms with van der Waals surface area (Å²) in [4.78, 5) is 0. The number of aryl methyl sites for hydroxylation is 1. The first kappa shape index (κ1) is 16.8. The van der Waals surface area contributed by atoms with E-state index in [-0.39, 0.29) is 0 Å². The van der Waals surface area contributed by atoms with Crippen LogP contribution in [-0.2, 0) is 11.2 Å². The van der Waals surface area contributed by atoms with Crippen LogP contribution in [0.3, 0.4) is 0 Å². The van der Waals surface area contributed by atoms with Gasteiger partial charge in [0.15, 0.2) is 0 Å². The van der Waals surface area contributed by atoms with Gasteiger partial charge in [-0.3, -0.25) is 0 Å². The number of hydrogen-bond acceptors (Lipinski definition) is 1. The minimum atomic E-state index is 0.543. The quantitative estimate of drug-likeness (QED) is 0.595. The standard InChI is InChI=1S/C22H32O/c1-3-5-6-17-7-9-18(10-8-17)19-11-12-21-16-22(23-4-2)14-13-20(21)15-19/h3,7-10,19-22H,1,4-6,11-16H2,2H3. The van der Waals surface area contributed by atoms with Gasteiger partial charge in [-0.2, -0.15) is 0 Å². The van der Waals surface area contributed by atoms with Crippen molar-refractivity contribution >= 4 is 0 Å². The molecule has 1 heteroatoms. The zero-order chi connectivity index (χ0) is 16.1. The maximum Gasteiger partial charge on any atom is 0.0577 e. The van der Waals surface area contributed by atoms with E-state index in [1.807, 2.05) is 6.08 Å². The molecule has 4 unspecified atom stereocenters. The first-order chi connectivity index (χ1) is 11.3. The Labute approximate surface area is 142 Å². The van der Waals surface area contributed by atoms with Gasteiger partial charge in [0.2, 0.25) is 0 Å². The molecule has 0 aliphatic heterocycles. The van der Waals surface area contributed by atoms with E-state index in [1.165, 1.54) is 44.1 Å². The second-order valence-electron chi connectivity index (χ2n) is 7.49. The van der Waals surface area contributed by atoms with Gasteiger partial charge < -0.3 is 4.74 Å². The molecule has 0 aromatic heterocycles. The van der Waals surface area contributed by atoms with Crippen LogP contribution in [-0.4, -0.2) is 12.7 Å². The Morgan fingerprint density at radius 2 is 1.78 bits per heavy atom. The third-order valence-corrected chi connectivity index (χ3v) is 6.06. The van der Waals surface area contributed by atoms with Gasteiger partial charge in [-0.25, -0.2) is 0 Å². The third-order valence-electron chi connectivity index (χ3n) is 6.06. The maximum atomic E-state index is 5.88. The molecule has 4 atom stereocenters. The molecule has 2 fully saturated rings. The second kappa shape index (κ2) is 8.15. The average Bonchev–Trinajstić information content (AvgIpc) is 2.60. The summed E-state index contributed by atoms with van der Waals surface area (Å²) in [5, 5.41) is 0. The topological polar surface area (TPSA) is 9.23 Å². The molecular formula is C22H32O.